The Morgan fingerprint density at radius 2 is 1.58 bits per heavy atom. The van der Waals surface area contributed by atoms with Gasteiger partial charge in [-0.15, -0.1) is 0 Å². The first-order valence-corrected chi connectivity index (χ1v) is 13.2. The zero-order valence-electron chi connectivity index (χ0n) is 19.0. The second-order valence-electron chi connectivity index (χ2n) is 9.26. The molecule has 0 spiro atoms. The van der Waals surface area contributed by atoms with Crippen LogP contribution in [0.1, 0.15) is 42.4 Å². The third-order valence-electron chi connectivity index (χ3n) is 6.76. The Morgan fingerprint density at radius 1 is 0.968 bits per heavy atom. The lowest BCUT2D eigenvalue weighted by Crippen LogP contribution is -2.48. The number of hydrogen-bond donors (Lipinski definition) is 0. The molecule has 4 rings (SSSR count). The van der Waals surface area contributed by atoms with Crippen LogP contribution in [0.4, 0.5) is 0 Å². The number of nitrogens with zero attached hydrogens (tertiary/aromatic N) is 3. The van der Waals surface area contributed by atoms with Gasteiger partial charge in [-0.05, 0) is 37.5 Å². The number of hydrogen-bond acceptors (Lipinski definition) is 5. The van der Waals surface area contributed by atoms with Crippen molar-refractivity contribution < 1.29 is 12.8 Å². The lowest BCUT2D eigenvalue weighted by Gasteiger charge is -2.36. The molecule has 6 nitrogen and oxygen atoms in total. The number of rotatable bonds is 9. The SMILES string of the molecule is CCN(Cc1ccc(CN2CCN(CC3(c4ccc(C)cc4)CC3)CC2)o1)S(C)(=O)=O. The molecule has 0 radical (unpaired) electrons. The summed E-state index contributed by atoms with van der Waals surface area (Å²) in [5, 5.41) is 0. The summed E-state index contributed by atoms with van der Waals surface area (Å²) >= 11 is 0. The molecule has 0 bridgehead atoms. The molecule has 1 aromatic heterocycles. The lowest BCUT2D eigenvalue weighted by atomic mass is 9.94. The van der Waals surface area contributed by atoms with Gasteiger partial charge in [0.2, 0.25) is 10.0 Å². The van der Waals surface area contributed by atoms with E-state index in [0.29, 0.717) is 24.3 Å². The first-order valence-electron chi connectivity index (χ1n) is 11.3. The van der Waals surface area contributed by atoms with Crippen LogP contribution < -0.4 is 0 Å². The molecule has 2 fully saturated rings. The molecule has 2 aliphatic rings. The summed E-state index contributed by atoms with van der Waals surface area (Å²) in [6.07, 6.45) is 3.84. The quantitative estimate of drug-likeness (QED) is 0.593. The Kier molecular flexibility index (Phi) is 6.58. The Labute approximate surface area is 186 Å². The van der Waals surface area contributed by atoms with Crippen LogP contribution in [0.25, 0.3) is 0 Å². The largest absolute Gasteiger partial charge is 0.463 e. The van der Waals surface area contributed by atoms with Gasteiger partial charge in [0, 0.05) is 44.7 Å². The van der Waals surface area contributed by atoms with Gasteiger partial charge in [-0.25, -0.2) is 8.42 Å². The van der Waals surface area contributed by atoms with Crippen molar-refractivity contribution in [3.63, 3.8) is 0 Å². The number of benzene rings is 1. The second-order valence-corrected chi connectivity index (χ2v) is 11.2. The van der Waals surface area contributed by atoms with E-state index in [1.54, 1.807) is 0 Å². The minimum absolute atomic E-state index is 0.296. The third kappa shape index (κ3) is 5.58. The van der Waals surface area contributed by atoms with Crippen LogP contribution in [-0.4, -0.2) is 68.0 Å². The van der Waals surface area contributed by atoms with Crippen LogP contribution in [0.2, 0.25) is 0 Å². The predicted molar refractivity (Wildman–Crippen MR) is 123 cm³/mol. The molecule has 1 saturated carbocycles. The van der Waals surface area contributed by atoms with Crippen LogP contribution in [0, 0.1) is 6.92 Å². The fourth-order valence-electron chi connectivity index (χ4n) is 4.58. The average Bonchev–Trinajstić information content (AvgIpc) is 3.37. The van der Waals surface area contributed by atoms with Crippen molar-refractivity contribution in [3.8, 4) is 0 Å². The number of sulfonamides is 1. The van der Waals surface area contributed by atoms with E-state index in [4.69, 9.17) is 4.42 Å². The maximum absolute atomic E-state index is 11.8. The normalized spacial score (nSPS) is 19.7. The highest BCUT2D eigenvalue weighted by Gasteiger charge is 2.45. The van der Waals surface area contributed by atoms with Crippen LogP contribution in [0.15, 0.2) is 40.8 Å². The molecular weight excluding hydrogens is 410 g/mol. The first kappa shape index (κ1) is 22.5. The van der Waals surface area contributed by atoms with Gasteiger partial charge in [-0.3, -0.25) is 9.80 Å². The molecule has 170 valence electrons. The number of piperazine rings is 1. The maximum atomic E-state index is 11.8. The van der Waals surface area contributed by atoms with E-state index in [-0.39, 0.29) is 0 Å². The van der Waals surface area contributed by atoms with E-state index in [2.05, 4.69) is 41.0 Å². The van der Waals surface area contributed by atoms with Crippen LogP contribution in [0.3, 0.4) is 0 Å². The topological polar surface area (TPSA) is 57.0 Å². The Bertz CT molecular complexity index is 972. The molecule has 1 aromatic carbocycles. The van der Waals surface area contributed by atoms with E-state index in [1.165, 1.54) is 34.5 Å². The Balaban J connectivity index is 1.26. The zero-order chi connectivity index (χ0) is 22.1. The minimum atomic E-state index is -3.21. The van der Waals surface area contributed by atoms with Gasteiger partial charge in [0.05, 0.1) is 19.3 Å². The fourth-order valence-corrected chi connectivity index (χ4v) is 5.41. The smallest absolute Gasteiger partial charge is 0.211 e. The summed E-state index contributed by atoms with van der Waals surface area (Å²) in [6, 6.07) is 13.0. The van der Waals surface area contributed by atoms with Gasteiger partial charge in [0.1, 0.15) is 11.5 Å². The lowest BCUT2D eigenvalue weighted by molar-refractivity contribution is 0.112. The summed E-state index contributed by atoms with van der Waals surface area (Å²) in [5.74, 6) is 1.61. The molecule has 1 aliphatic carbocycles. The van der Waals surface area contributed by atoms with Gasteiger partial charge in [0.25, 0.3) is 0 Å². The molecule has 0 unspecified atom stereocenters. The fraction of sp³-hybridized carbons (Fsp3) is 0.583. The Hall–Kier alpha value is -1.67. The standard InChI is InChI=1S/C24H35N3O3S/c1-4-27(31(3,28)29)18-23-10-9-22(30-23)17-25-13-15-26(16-14-25)19-24(11-12-24)21-7-5-20(2)6-8-21/h5-10H,4,11-19H2,1-3H3. The molecule has 31 heavy (non-hydrogen) atoms. The molecule has 0 amide bonds. The van der Waals surface area contributed by atoms with Crippen molar-refractivity contribution in [2.75, 3.05) is 45.5 Å². The average molecular weight is 446 g/mol. The summed E-state index contributed by atoms with van der Waals surface area (Å²) in [6.45, 7) is 10.9. The van der Waals surface area contributed by atoms with Crippen molar-refractivity contribution >= 4 is 10.0 Å². The highest BCUT2D eigenvalue weighted by molar-refractivity contribution is 7.88. The van der Waals surface area contributed by atoms with Crippen molar-refractivity contribution in [2.24, 2.45) is 0 Å². The molecule has 0 N–H and O–H groups in total. The second kappa shape index (κ2) is 9.06. The molecule has 2 heterocycles. The summed E-state index contributed by atoms with van der Waals surface area (Å²) in [4.78, 5) is 5.04. The first-order chi connectivity index (χ1) is 14.8. The van der Waals surface area contributed by atoms with Gasteiger partial charge in [-0.2, -0.15) is 4.31 Å². The van der Waals surface area contributed by atoms with Crippen molar-refractivity contribution in [2.45, 2.75) is 45.2 Å². The van der Waals surface area contributed by atoms with Crippen LogP contribution in [0.5, 0.6) is 0 Å². The molecule has 1 aliphatic heterocycles. The minimum Gasteiger partial charge on any atom is -0.463 e. The molecule has 1 saturated heterocycles. The zero-order valence-corrected chi connectivity index (χ0v) is 19.8. The van der Waals surface area contributed by atoms with E-state index in [0.717, 1.165) is 45.0 Å². The van der Waals surface area contributed by atoms with Crippen LogP contribution in [-0.2, 0) is 28.5 Å². The monoisotopic (exact) mass is 445 g/mol. The predicted octanol–water partition coefficient (Wildman–Crippen LogP) is 3.22. The Morgan fingerprint density at radius 3 is 2.16 bits per heavy atom. The number of furan rings is 1. The summed E-state index contributed by atoms with van der Waals surface area (Å²) in [5.41, 5.74) is 3.20. The van der Waals surface area contributed by atoms with Gasteiger partial charge in [-0.1, -0.05) is 36.8 Å². The van der Waals surface area contributed by atoms with Gasteiger partial charge >= 0.3 is 0 Å². The third-order valence-corrected chi connectivity index (χ3v) is 8.08. The van der Waals surface area contributed by atoms with E-state index in [9.17, 15) is 8.42 Å². The van der Waals surface area contributed by atoms with Crippen molar-refractivity contribution in [3.05, 3.63) is 59.0 Å². The van der Waals surface area contributed by atoms with Crippen LogP contribution >= 0.6 is 0 Å². The molecule has 2 aromatic rings. The highest BCUT2D eigenvalue weighted by atomic mass is 32.2. The van der Waals surface area contributed by atoms with E-state index >= 15 is 0 Å². The molecule has 7 heteroatoms. The van der Waals surface area contributed by atoms with Gasteiger partial charge < -0.3 is 4.42 Å². The van der Waals surface area contributed by atoms with E-state index < -0.39 is 10.0 Å². The van der Waals surface area contributed by atoms with Crippen molar-refractivity contribution in [1.82, 2.24) is 14.1 Å². The molecular formula is C24H35N3O3S. The van der Waals surface area contributed by atoms with Crippen molar-refractivity contribution in [1.29, 1.82) is 0 Å². The number of aryl methyl sites for hydroxylation is 1. The maximum Gasteiger partial charge on any atom is 0.211 e. The summed E-state index contributed by atoms with van der Waals surface area (Å²) < 4.78 is 31.0. The van der Waals surface area contributed by atoms with E-state index in [1.807, 2.05) is 19.1 Å². The highest BCUT2D eigenvalue weighted by Crippen LogP contribution is 2.48. The van der Waals surface area contributed by atoms with Gasteiger partial charge in [0.15, 0.2) is 0 Å². The molecule has 0 atom stereocenters. The summed E-state index contributed by atoms with van der Waals surface area (Å²) in [7, 11) is -3.21.